The molecular formula is C13H17NO. The van der Waals surface area contributed by atoms with Crippen LogP contribution >= 0.6 is 0 Å². The van der Waals surface area contributed by atoms with Crippen LogP contribution in [0.2, 0.25) is 0 Å². The Morgan fingerprint density at radius 1 is 1.27 bits per heavy atom. The Balaban J connectivity index is 2.91. The van der Waals surface area contributed by atoms with Crippen molar-refractivity contribution in [1.29, 1.82) is 5.26 Å². The number of ether oxygens (including phenoxy) is 1. The van der Waals surface area contributed by atoms with Crippen LogP contribution in [0, 0.1) is 32.1 Å². The second-order valence-electron chi connectivity index (χ2n) is 4.02. The molecule has 0 heterocycles. The van der Waals surface area contributed by atoms with E-state index in [4.69, 9.17) is 10.00 Å². The lowest BCUT2D eigenvalue weighted by Gasteiger charge is -2.16. The van der Waals surface area contributed by atoms with Gasteiger partial charge >= 0.3 is 0 Å². The first-order valence-electron chi connectivity index (χ1n) is 5.16. The molecule has 0 radical (unpaired) electrons. The lowest BCUT2D eigenvalue weighted by atomic mass is 10.1. The molecule has 2 nitrogen and oxygen atoms in total. The van der Waals surface area contributed by atoms with Crippen LogP contribution in [0.5, 0.6) is 5.75 Å². The van der Waals surface area contributed by atoms with Crippen molar-refractivity contribution >= 4 is 0 Å². The fraction of sp³-hybridized carbons (Fsp3) is 0.462. The Hall–Kier alpha value is -1.49. The molecule has 0 saturated carbocycles. The first-order valence-corrected chi connectivity index (χ1v) is 5.16. The van der Waals surface area contributed by atoms with Gasteiger partial charge in [0.25, 0.3) is 0 Å². The number of rotatable bonds is 3. The molecule has 0 fully saturated rings. The van der Waals surface area contributed by atoms with Gasteiger partial charge in [-0.15, -0.1) is 0 Å². The molecule has 0 N–H and O–H groups in total. The van der Waals surface area contributed by atoms with Gasteiger partial charge in [-0.1, -0.05) is 17.7 Å². The van der Waals surface area contributed by atoms with Crippen LogP contribution in [0.3, 0.4) is 0 Å². The molecule has 1 atom stereocenters. The third-order valence-electron chi connectivity index (χ3n) is 2.30. The Morgan fingerprint density at radius 3 is 2.27 bits per heavy atom. The molecule has 0 saturated heterocycles. The molecule has 0 spiro atoms. The third-order valence-corrected chi connectivity index (χ3v) is 2.30. The predicted molar refractivity (Wildman–Crippen MR) is 61.0 cm³/mol. The van der Waals surface area contributed by atoms with Gasteiger partial charge in [-0.05, 0) is 38.8 Å². The molecule has 0 bridgehead atoms. The van der Waals surface area contributed by atoms with Crippen LogP contribution in [-0.4, -0.2) is 6.10 Å². The van der Waals surface area contributed by atoms with Crippen molar-refractivity contribution in [1.82, 2.24) is 0 Å². The van der Waals surface area contributed by atoms with Gasteiger partial charge in [-0.2, -0.15) is 5.26 Å². The van der Waals surface area contributed by atoms with E-state index >= 15 is 0 Å². The average molecular weight is 203 g/mol. The zero-order valence-corrected chi connectivity index (χ0v) is 9.79. The number of hydrogen-bond donors (Lipinski definition) is 0. The minimum atomic E-state index is -0.0462. The van der Waals surface area contributed by atoms with Gasteiger partial charge in [-0.25, -0.2) is 0 Å². The molecule has 0 aliphatic rings. The number of benzene rings is 1. The predicted octanol–water partition coefficient (Wildman–Crippen LogP) is 3.29. The van der Waals surface area contributed by atoms with Gasteiger partial charge in [0, 0.05) is 0 Å². The van der Waals surface area contributed by atoms with Crippen LogP contribution in [-0.2, 0) is 0 Å². The molecule has 2 heteroatoms. The summed E-state index contributed by atoms with van der Waals surface area (Å²) in [6.45, 7) is 8.06. The summed E-state index contributed by atoms with van der Waals surface area (Å²) in [5.41, 5.74) is 3.51. The van der Waals surface area contributed by atoms with Gasteiger partial charge in [0.1, 0.15) is 11.9 Å². The first kappa shape index (κ1) is 11.6. The zero-order valence-electron chi connectivity index (χ0n) is 9.79. The maximum atomic E-state index is 8.57. The summed E-state index contributed by atoms with van der Waals surface area (Å²) in [5.74, 6) is 0.920. The molecule has 0 aliphatic heterocycles. The van der Waals surface area contributed by atoms with Gasteiger partial charge in [0.2, 0.25) is 0 Å². The van der Waals surface area contributed by atoms with E-state index in [-0.39, 0.29) is 6.10 Å². The maximum Gasteiger partial charge on any atom is 0.125 e. The molecule has 80 valence electrons. The van der Waals surface area contributed by atoms with E-state index in [1.54, 1.807) is 0 Å². The summed E-state index contributed by atoms with van der Waals surface area (Å²) in [6.07, 6.45) is 0.377. The molecule has 0 aliphatic carbocycles. The summed E-state index contributed by atoms with van der Waals surface area (Å²) in [6, 6.07) is 6.31. The molecular weight excluding hydrogens is 186 g/mol. The van der Waals surface area contributed by atoms with Gasteiger partial charge in [-0.3, -0.25) is 0 Å². The normalized spacial score (nSPS) is 11.9. The van der Waals surface area contributed by atoms with Gasteiger partial charge in [0.15, 0.2) is 0 Å². The molecule has 0 aromatic heterocycles. The summed E-state index contributed by atoms with van der Waals surface area (Å²) >= 11 is 0. The van der Waals surface area contributed by atoms with E-state index < -0.39 is 0 Å². The Labute approximate surface area is 91.5 Å². The highest BCUT2D eigenvalue weighted by Gasteiger charge is 2.09. The second kappa shape index (κ2) is 4.84. The summed E-state index contributed by atoms with van der Waals surface area (Å²) in [5, 5.41) is 8.57. The third kappa shape index (κ3) is 2.99. The summed E-state index contributed by atoms with van der Waals surface area (Å²) < 4.78 is 5.75. The average Bonchev–Trinajstić information content (AvgIpc) is 2.11. The monoisotopic (exact) mass is 203 g/mol. The lowest BCUT2D eigenvalue weighted by Crippen LogP contribution is -2.12. The van der Waals surface area contributed by atoms with E-state index in [1.165, 1.54) is 5.56 Å². The summed E-state index contributed by atoms with van der Waals surface area (Å²) in [7, 11) is 0. The van der Waals surface area contributed by atoms with E-state index in [1.807, 2.05) is 20.8 Å². The molecule has 1 aromatic rings. The largest absolute Gasteiger partial charge is 0.489 e. The van der Waals surface area contributed by atoms with E-state index in [0.717, 1.165) is 16.9 Å². The van der Waals surface area contributed by atoms with Crippen LogP contribution in [0.15, 0.2) is 12.1 Å². The maximum absolute atomic E-state index is 8.57. The SMILES string of the molecule is Cc1cc(C)c(OC(C)CC#N)c(C)c1. The van der Waals surface area contributed by atoms with E-state index in [2.05, 4.69) is 25.1 Å². The minimum absolute atomic E-state index is 0.0462. The van der Waals surface area contributed by atoms with E-state index in [0.29, 0.717) is 6.42 Å². The number of nitrogens with zero attached hydrogens (tertiary/aromatic N) is 1. The van der Waals surface area contributed by atoms with Gasteiger partial charge < -0.3 is 4.74 Å². The first-order chi connectivity index (χ1) is 7.04. The zero-order chi connectivity index (χ0) is 11.4. The Morgan fingerprint density at radius 2 is 1.80 bits per heavy atom. The molecule has 1 rings (SSSR count). The Kier molecular flexibility index (Phi) is 3.74. The number of hydrogen-bond acceptors (Lipinski definition) is 2. The highest BCUT2D eigenvalue weighted by molar-refractivity contribution is 5.43. The van der Waals surface area contributed by atoms with Crippen molar-refractivity contribution in [3.8, 4) is 11.8 Å². The summed E-state index contributed by atoms with van der Waals surface area (Å²) in [4.78, 5) is 0. The fourth-order valence-corrected chi connectivity index (χ4v) is 1.72. The van der Waals surface area contributed by atoms with Crippen molar-refractivity contribution < 1.29 is 4.74 Å². The standard InChI is InChI=1S/C13H17NO/c1-9-7-10(2)13(11(3)8-9)15-12(4)5-6-14/h7-8,12H,5H2,1-4H3. The van der Waals surface area contributed by atoms with Crippen LogP contribution < -0.4 is 4.74 Å². The van der Waals surface area contributed by atoms with Crippen molar-refractivity contribution in [2.24, 2.45) is 0 Å². The van der Waals surface area contributed by atoms with Crippen LogP contribution in [0.25, 0.3) is 0 Å². The minimum Gasteiger partial charge on any atom is -0.489 e. The fourth-order valence-electron chi connectivity index (χ4n) is 1.72. The molecule has 15 heavy (non-hydrogen) atoms. The van der Waals surface area contributed by atoms with Gasteiger partial charge in [0.05, 0.1) is 12.5 Å². The second-order valence-corrected chi connectivity index (χ2v) is 4.02. The molecule has 0 amide bonds. The van der Waals surface area contributed by atoms with E-state index in [9.17, 15) is 0 Å². The topological polar surface area (TPSA) is 33.0 Å². The highest BCUT2D eigenvalue weighted by atomic mass is 16.5. The lowest BCUT2D eigenvalue weighted by molar-refractivity contribution is 0.224. The quantitative estimate of drug-likeness (QED) is 0.755. The van der Waals surface area contributed by atoms with Crippen molar-refractivity contribution in [3.63, 3.8) is 0 Å². The molecule has 1 unspecified atom stereocenters. The number of aryl methyl sites for hydroxylation is 3. The number of nitriles is 1. The Bertz CT molecular complexity index is 367. The van der Waals surface area contributed by atoms with Crippen molar-refractivity contribution in [3.05, 3.63) is 28.8 Å². The van der Waals surface area contributed by atoms with Crippen molar-refractivity contribution in [2.75, 3.05) is 0 Å². The highest BCUT2D eigenvalue weighted by Crippen LogP contribution is 2.25. The smallest absolute Gasteiger partial charge is 0.125 e. The van der Waals surface area contributed by atoms with Crippen LogP contribution in [0.4, 0.5) is 0 Å². The molecule has 1 aromatic carbocycles. The van der Waals surface area contributed by atoms with Crippen molar-refractivity contribution in [2.45, 2.75) is 40.2 Å². The van der Waals surface area contributed by atoms with Crippen LogP contribution in [0.1, 0.15) is 30.0 Å².